The van der Waals surface area contributed by atoms with Gasteiger partial charge in [0, 0.05) is 12.6 Å². The Morgan fingerprint density at radius 1 is 1.33 bits per heavy atom. The average Bonchev–Trinajstić information content (AvgIpc) is 2.35. The third kappa shape index (κ3) is 1.61. The van der Waals surface area contributed by atoms with Gasteiger partial charge in [-0.1, -0.05) is 26.2 Å². The first kappa shape index (κ1) is 11.4. The van der Waals surface area contributed by atoms with Crippen molar-refractivity contribution in [2.75, 3.05) is 12.3 Å². The maximum absolute atomic E-state index is 11.9. The van der Waals surface area contributed by atoms with E-state index in [-0.39, 0.29) is 17.3 Å². The van der Waals surface area contributed by atoms with Crippen LogP contribution in [-0.2, 0) is 10.0 Å². The summed E-state index contributed by atoms with van der Waals surface area (Å²) < 4.78 is 25.5. The first-order valence-electron chi connectivity index (χ1n) is 5.79. The van der Waals surface area contributed by atoms with Gasteiger partial charge >= 0.3 is 0 Å². The smallest absolute Gasteiger partial charge is 0.216 e. The molecule has 1 unspecified atom stereocenters. The fourth-order valence-electron chi connectivity index (χ4n) is 3.23. The summed E-state index contributed by atoms with van der Waals surface area (Å²) in [7, 11) is -3.09. The third-order valence-electron chi connectivity index (χ3n) is 3.92. The maximum Gasteiger partial charge on any atom is 0.216 e. The lowest BCUT2D eigenvalue weighted by Crippen LogP contribution is -2.55. The number of hydrogen-bond acceptors (Lipinski definition) is 3. The van der Waals surface area contributed by atoms with Crippen LogP contribution < -0.4 is 5.73 Å². The van der Waals surface area contributed by atoms with Crippen LogP contribution in [0.15, 0.2) is 0 Å². The predicted octanol–water partition coefficient (Wildman–Crippen LogP) is 0.682. The number of hydrogen-bond donors (Lipinski definition) is 1. The van der Waals surface area contributed by atoms with E-state index >= 15 is 0 Å². The minimum Gasteiger partial charge on any atom is -0.325 e. The van der Waals surface area contributed by atoms with Crippen molar-refractivity contribution in [2.24, 2.45) is 5.73 Å². The summed E-state index contributed by atoms with van der Waals surface area (Å²) in [5.74, 6) is 0.140. The van der Waals surface area contributed by atoms with Crippen LogP contribution in [0, 0.1) is 0 Å². The summed E-state index contributed by atoms with van der Waals surface area (Å²) in [6, 6.07) is -0.192. The molecule has 1 saturated heterocycles. The van der Waals surface area contributed by atoms with Crippen molar-refractivity contribution in [3.63, 3.8) is 0 Å². The van der Waals surface area contributed by atoms with Gasteiger partial charge < -0.3 is 5.73 Å². The van der Waals surface area contributed by atoms with E-state index in [0.717, 1.165) is 25.7 Å². The third-order valence-corrected chi connectivity index (χ3v) is 5.99. The standard InChI is InChI=1S/C10H20N2O2S/c1-2-12-10(6-4-3-5-7-10)9(11)8-15(12,13)14/h9H,2-8,11H2,1H3. The number of nitrogens with zero attached hydrogens (tertiary/aromatic N) is 1. The van der Waals surface area contributed by atoms with Crippen molar-refractivity contribution in [1.29, 1.82) is 0 Å². The highest BCUT2D eigenvalue weighted by atomic mass is 32.2. The van der Waals surface area contributed by atoms with Crippen molar-refractivity contribution in [3.05, 3.63) is 0 Å². The molecule has 88 valence electrons. The molecule has 1 aliphatic carbocycles. The van der Waals surface area contributed by atoms with Gasteiger partial charge in [-0.2, -0.15) is 4.31 Å². The van der Waals surface area contributed by atoms with Gasteiger partial charge in [0.25, 0.3) is 0 Å². The molecule has 2 fully saturated rings. The van der Waals surface area contributed by atoms with Crippen molar-refractivity contribution in [2.45, 2.75) is 50.6 Å². The van der Waals surface area contributed by atoms with E-state index in [9.17, 15) is 8.42 Å². The van der Waals surface area contributed by atoms with Gasteiger partial charge in [-0.15, -0.1) is 0 Å². The van der Waals surface area contributed by atoms with Crippen LogP contribution in [0.2, 0.25) is 0 Å². The molecule has 0 aromatic carbocycles. The summed E-state index contributed by atoms with van der Waals surface area (Å²) in [4.78, 5) is 0. The van der Waals surface area contributed by atoms with Crippen molar-refractivity contribution < 1.29 is 8.42 Å². The van der Waals surface area contributed by atoms with Crippen molar-refractivity contribution in [1.82, 2.24) is 4.31 Å². The number of nitrogens with two attached hydrogens (primary N) is 1. The lowest BCUT2D eigenvalue weighted by atomic mass is 9.77. The summed E-state index contributed by atoms with van der Waals surface area (Å²) in [5.41, 5.74) is 5.82. The molecule has 2 N–H and O–H groups in total. The zero-order valence-corrected chi connectivity index (χ0v) is 10.1. The molecule has 1 spiro atoms. The Kier molecular flexibility index (Phi) is 2.81. The molecule has 15 heavy (non-hydrogen) atoms. The molecule has 1 atom stereocenters. The summed E-state index contributed by atoms with van der Waals surface area (Å²) in [6.07, 6.45) is 5.33. The van der Waals surface area contributed by atoms with Crippen molar-refractivity contribution >= 4 is 10.0 Å². The molecule has 1 heterocycles. The molecule has 0 aromatic heterocycles. The Labute approximate surface area is 91.9 Å². The topological polar surface area (TPSA) is 63.4 Å². The molecule has 0 amide bonds. The minimum absolute atomic E-state index is 0.140. The Hall–Kier alpha value is -0.130. The van der Waals surface area contributed by atoms with E-state index in [1.165, 1.54) is 6.42 Å². The van der Waals surface area contributed by atoms with E-state index in [0.29, 0.717) is 6.54 Å². The van der Waals surface area contributed by atoms with E-state index in [1.807, 2.05) is 6.92 Å². The molecule has 2 rings (SSSR count). The first-order valence-corrected chi connectivity index (χ1v) is 7.40. The normalized spacial score (nSPS) is 34.7. The molecule has 5 heteroatoms. The summed E-state index contributed by atoms with van der Waals surface area (Å²) in [6.45, 7) is 2.47. The zero-order chi connectivity index (χ0) is 11.1. The first-order chi connectivity index (χ1) is 7.03. The van der Waals surface area contributed by atoms with E-state index < -0.39 is 10.0 Å². The number of sulfonamides is 1. The largest absolute Gasteiger partial charge is 0.325 e. The van der Waals surface area contributed by atoms with Crippen LogP contribution in [0.3, 0.4) is 0 Å². The van der Waals surface area contributed by atoms with Crippen molar-refractivity contribution in [3.8, 4) is 0 Å². The van der Waals surface area contributed by atoms with Gasteiger partial charge in [-0.25, -0.2) is 8.42 Å². The Morgan fingerprint density at radius 3 is 2.47 bits per heavy atom. The SMILES string of the molecule is CCN1C2(CCCCC2)C(N)CS1(=O)=O. The zero-order valence-electron chi connectivity index (χ0n) is 9.28. The molecule has 4 nitrogen and oxygen atoms in total. The van der Waals surface area contributed by atoms with Gasteiger partial charge in [0.1, 0.15) is 0 Å². The lowest BCUT2D eigenvalue weighted by molar-refractivity contribution is 0.130. The van der Waals surface area contributed by atoms with Crippen LogP contribution in [-0.4, -0.2) is 36.6 Å². The molecule has 0 radical (unpaired) electrons. The lowest BCUT2D eigenvalue weighted by Gasteiger charge is -2.42. The van der Waals surface area contributed by atoms with Gasteiger partial charge in [-0.05, 0) is 12.8 Å². The monoisotopic (exact) mass is 232 g/mol. The van der Waals surface area contributed by atoms with E-state index in [2.05, 4.69) is 0 Å². The molecule has 1 aliphatic heterocycles. The number of rotatable bonds is 1. The highest BCUT2D eigenvalue weighted by Gasteiger charge is 2.54. The molecular weight excluding hydrogens is 212 g/mol. The number of likely N-dealkylation sites (N-methyl/N-ethyl adjacent to an activating group) is 1. The second-order valence-corrected chi connectivity index (χ2v) is 6.65. The highest BCUT2D eigenvalue weighted by molar-refractivity contribution is 7.89. The highest BCUT2D eigenvalue weighted by Crippen LogP contribution is 2.42. The van der Waals surface area contributed by atoms with Crippen LogP contribution >= 0.6 is 0 Å². The quantitative estimate of drug-likeness (QED) is 0.723. The second-order valence-electron chi connectivity index (χ2n) is 4.71. The molecule has 0 bridgehead atoms. The molecular formula is C10H20N2O2S. The van der Waals surface area contributed by atoms with E-state index in [4.69, 9.17) is 5.73 Å². The minimum atomic E-state index is -3.09. The van der Waals surface area contributed by atoms with Crippen LogP contribution in [0.4, 0.5) is 0 Å². The molecule has 0 aromatic rings. The van der Waals surface area contributed by atoms with Gasteiger partial charge in [0.05, 0.1) is 11.3 Å². The molecule has 1 saturated carbocycles. The Morgan fingerprint density at radius 2 is 1.93 bits per heavy atom. The average molecular weight is 232 g/mol. The fourth-order valence-corrected chi connectivity index (χ4v) is 5.44. The van der Waals surface area contributed by atoms with Gasteiger partial charge in [-0.3, -0.25) is 0 Å². The summed E-state index contributed by atoms with van der Waals surface area (Å²) in [5, 5.41) is 0. The predicted molar refractivity (Wildman–Crippen MR) is 60.0 cm³/mol. The Bertz CT molecular complexity index is 333. The molecule has 2 aliphatic rings. The van der Waals surface area contributed by atoms with Crippen LogP contribution in [0.5, 0.6) is 0 Å². The Balaban J connectivity index is 2.36. The van der Waals surface area contributed by atoms with Crippen LogP contribution in [0.25, 0.3) is 0 Å². The van der Waals surface area contributed by atoms with Gasteiger partial charge in [0.15, 0.2) is 0 Å². The fraction of sp³-hybridized carbons (Fsp3) is 1.00. The second kappa shape index (κ2) is 3.71. The van der Waals surface area contributed by atoms with E-state index in [1.54, 1.807) is 4.31 Å². The van der Waals surface area contributed by atoms with Gasteiger partial charge in [0.2, 0.25) is 10.0 Å². The van der Waals surface area contributed by atoms with Crippen LogP contribution in [0.1, 0.15) is 39.0 Å². The maximum atomic E-state index is 11.9. The summed E-state index contributed by atoms with van der Waals surface area (Å²) >= 11 is 0.